The van der Waals surface area contributed by atoms with Crippen LogP contribution in [0.4, 0.5) is 8.78 Å². The van der Waals surface area contributed by atoms with E-state index in [0.717, 1.165) is 12.5 Å². The zero-order chi connectivity index (χ0) is 12.4. The van der Waals surface area contributed by atoms with Gasteiger partial charge in [0.15, 0.2) is 0 Å². The molecular weight excluding hydrogens is 226 g/mol. The molecule has 1 heterocycles. The third kappa shape index (κ3) is 3.01. The molecule has 0 bridgehead atoms. The molecule has 1 aromatic carbocycles. The monoisotopic (exact) mass is 242 g/mol. The Labute approximate surface area is 99.2 Å². The summed E-state index contributed by atoms with van der Waals surface area (Å²) in [5.41, 5.74) is 0.481. The molecule has 0 aromatic heterocycles. The maximum absolute atomic E-state index is 13.0. The number of halogens is 2. The Kier molecular flexibility index (Phi) is 3.74. The van der Waals surface area contributed by atoms with Crippen LogP contribution in [0.25, 0.3) is 0 Å². The molecule has 0 aliphatic carbocycles. The first-order valence-electron chi connectivity index (χ1n) is 5.81. The maximum Gasteiger partial charge on any atom is 0.126 e. The summed E-state index contributed by atoms with van der Waals surface area (Å²) in [6, 6.07) is 3.34. The highest BCUT2D eigenvalue weighted by Gasteiger charge is 2.30. The molecule has 0 spiro atoms. The number of benzene rings is 1. The van der Waals surface area contributed by atoms with E-state index in [1.54, 1.807) is 0 Å². The van der Waals surface area contributed by atoms with Crippen molar-refractivity contribution < 1.29 is 18.6 Å². The molecular formula is C13H16F2O2. The molecule has 2 rings (SSSR count). The van der Waals surface area contributed by atoms with E-state index in [0.29, 0.717) is 12.2 Å². The van der Waals surface area contributed by atoms with Crippen molar-refractivity contribution >= 4 is 0 Å². The summed E-state index contributed by atoms with van der Waals surface area (Å²) in [6.45, 7) is 2.55. The van der Waals surface area contributed by atoms with E-state index in [4.69, 9.17) is 4.74 Å². The highest BCUT2D eigenvalue weighted by atomic mass is 19.1. The molecule has 1 aliphatic rings. The van der Waals surface area contributed by atoms with Gasteiger partial charge in [-0.2, -0.15) is 0 Å². The van der Waals surface area contributed by atoms with Gasteiger partial charge in [-0.25, -0.2) is 8.78 Å². The minimum atomic E-state index is -0.617. The Hall–Kier alpha value is -1.00. The Bertz CT molecular complexity index is 375. The van der Waals surface area contributed by atoms with Crippen molar-refractivity contribution in [2.24, 2.45) is 5.92 Å². The van der Waals surface area contributed by atoms with Crippen LogP contribution in [0.3, 0.4) is 0 Å². The van der Waals surface area contributed by atoms with Crippen LogP contribution in [0.5, 0.6) is 0 Å². The summed E-state index contributed by atoms with van der Waals surface area (Å²) in [6.07, 6.45) is 0.435. The van der Waals surface area contributed by atoms with Crippen molar-refractivity contribution in [2.45, 2.75) is 32.0 Å². The van der Waals surface area contributed by atoms with Crippen LogP contribution in [0.2, 0.25) is 0 Å². The van der Waals surface area contributed by atoms with E-state index in [2.05, 4.69) is 0 Å². The lowest BCUT2D eigenvalue weighted by atomic mass is 9.91. The van der Waals surface area contributed by atoms with E-state index in [9.17, 15) is 13.9 Å². The van der Waals surface area contributed by atoms with Gasteiger partial charge in [-0.1, -0.05) is 0 Å². The molecule has 1 saturated heterocycles. The SMILES string of the molecule is CC1OCCC1C(O)Cc1cc(F)cc(F)c1. The third-order valence-electron chi connectivity index (χ3n) is 3.30. The fourth-order valence-corrected chi connectivity index (χ4v) is 2.38. The summed E-state index contributed by atoms with van der Waals surface area (Å²) >= 11 is 0. The number of aliphatic hydroxyl groups excluding tert-OH is 1. The molecule has 1 aromatic rings. The molecule has 1 aliphatic heterocycles. The van der Waals surface area contributed by atoms with Gasteiger partial charge in [0.1, 0.15) is 11.6 Å². The molecule has 0 amide bonds. The second-order valence-electron chi connectivity index (χ2n) is 4.58. The summed E-state index contributed by atoms with van der Waals surface area (Å²) in [4.78, 5) is 0. The number of ether oxygens (including phenoxy) is 1. The van der Waals surface area contributed by atoms with Crippen LogP contribution < -0.4 is 0 Å². The molecule has 4 heteroatoms. The molecule has 94 valence electrons. The molecule has 0 radical (unpaired) electrons. The number of hydrogen-bond acceptors (Lipinski definition) is 2. The maximum atomic E-state index is 13.0. The predicted molar refractivity (Wildman–Crippen MR) is 59.6 cm³/mol. The summed E-state index contributed by atoms with van der Waals surface area (Å²) in [7, 11) is 0. The van der Waals surface area contributed by atoms with Gasteiger partial charge in [-0.05, 0) is 37.5 Å². The Morgan fingerprint density at radius 1 is 1.35 bits per heavy atom. The number of hydrogen-bond donors (Lipinski definition) is 1. The van der Waals surface area contributed by atoms with E-state index in [1.165, 1.54) is 12.1 Å². The average molecular weight is 242 g/mol. The first kappa shape index (κ1) is 12.5. The van der Waals surface area contributed by atoms with Crippen molar-refractivity contribution in [1.82, 2.24) is 0 Å². The van der Waals surface area contributed by atoms with Gasteiger partial charge in [-0.3, -0.25) is 0 Å². The molecule has 1 fully saturated rings. The average Bonchev–Trinajstić information content (AvgIpc) is 2.62. The van der Waals surface area contributed by atoms with Gasteiger partial charge in [-0.15, -0.1) is 0 Å². The first-order valence-corrected chi connectivity index (χ1v) is 5.81. The zero-order valence-electron chi connectivity index (χ0n) is 9.70. The van der Waals surface area contributed by atoms with E-state index >= 15 is 0 Å². The minimum Gasteiger partial charge on any atom is -0.392 e. The Morgan fingerprint density at radius 2 is 2.00 bits per heavy atom. The zero-order valence-corrected chi connectivity index (χ0v) is 9.70. The molecule has 3 unspecified atom stereocenters. The number of aliphatic hydroxyl groups is 1. The van der Waals surface area contributed by atoms with E-state index in [-0.39, 0.29) is 18.4 Å². The van der Waals surface area contributed by atoms with Gasteiger partial charge in [0.05, 0.1) is 12.2 Å². The third-order valence-corrected chi connectivity index (χ3v) is 3.30. The highest BCUT2D eigenvalue weighted by molar-refractivity contribution is 5.18. The fourth-order valence-electron chi connectivity index (χ4n) is 2.38. The van der Waals surface area contributed by atoms with Crippen LogP contribution >= 0.6 is 0 Å². The lowest BCUT2D eigenvalue weighted by Crippen LogP contribution is -2.28. The largest absolute Gasteiger partial charge is 0.392 e. The summed E-state index contributed by atoms with van der Waals surface area (Å²) in [5, 5.41) is 10.0. The van der Waals surface area contributed by atoms with Crippen molar-refractivity contribution in [1.29, 1.82) is 0 Å². The van der Waals surface area contributed by atoms with Crippen molar-refractivity contribution in [3.8, 4) is 0 Å². The van der Waals surface area contributed by atoms with Crippen LogP contribution in [0.15, 0.2) is 18.2 Å². The molecule has 1 N–H and O–H groups in total. The Balaban J connectivity index is 2.04. The summed E-state index contributed by atoms with van der Waals surface area (Å²) < 4.78 is 31.3. The second-order valence-corrected chi connectivity index (χ2v) is 4.58. The summed E-state index contributed by atoms with van der Waals surface area (Å²) in [5.74, 6) is -1.17. The smallest absolute Gasteiger partial charge is 0.126 e. The van der Waals surface area contributed by atoms with Crippen LogP contribution in [0.1, 0.15) is 18.9 Å². The van der Waals surface area contributed by atoms with Crippen LogP contribution in [-0.4, -0.2) is 23.9 Å². The van der Waals surface area contributed by atoms with Gasteiger partial charge in [0.25, 0.3) is 0 Å². The quantitative estimate of drug-likeness (QED) is 0.881. The second kappa shape index (κ2) is 5.10. The standard InChI is InChI=1S/C13H16F2O2/c1-8-12(2-3-17-8)13(16)6-9-4-10(14)7-11(15)5-9/h4-5,7-8,12-13,16H,2-3,6H2,1H3. The molecule has 0 saturated carbocycles. The number of rotatable bonds is 3. The van der Waals surface area contributed by atoms with Gasteiger partial charge in [0.2, 0.25) is 0 Å². The van der Waals surface area contributed by atoms with E-state index < -0.39 is 17.7 Å². The van der Waals surface area contributed by atoms with Crippen LogP contribution in [0, 0.1) is 17.6 Å². The topological polar surface area (TPSA) is 29.5 Å². The first-order chi connectivity index (χ1) is 8.06. The van der Waals surface area contributed by atoms with Crippen molar-refractivity contribution in [2.75, 3.05) is 6.61 Å². The Morgan fingerprint density at radius 3 is 2.53 bits per heavy atom. The lowest BCUT2D eigenvalue weighted by molar-refractivity contribution is 0.0440. The van der Waals surface area contributed by atoms with Crippen molar-refractivity contribution in [3.05, 3.63) is 35.4 Å². The normalized spacial score (nSPS) is 26.1. The highest BCUT2D eigenvalue weighted by Crippen LogP contribution is 2.26. The van der Waals surface area contributed by atoms with E-state index in [1.807, 2.05) is 6.92 Å². The molecule has 2 nitrogen and oxygen atoms in total. The lowest BCUT2D eigenvalue weighted by Gasteiger charge is -2.20. The van der Waals surface area contributed by atoms with Crippen LogP contribution in [-0.2, 0) is 11.2 Å². The minimum absolute atomic E-state index is 0.00315. The molecule has 3 atom stereocenters. The predicted octanol–water partition coefficient (Wildman–Crippen LogP) is 2.29. The molecule has 17 heavy (non-hydrogen) atoms. The van der Waals surface area contributed by atoms with Gasteiger partial charge < -0.3 is 9.84 Å². The van der Waals surface area contributed by atoms with Crippen molar-refractivity contribution in [3.63, 3.8) is 0 Å². The fraction of sp³-hybridized carbons (Fsp3) is 0.538. The van der Waals surface area contributed by atoms with Gasteiger partial charge >= 0.3 is 0 Å². The van der Waals surface area contributed by atoms with Gasteiger partial charge in [0, 0.05) is 18.6 Å².